The van der Waals surface area contributed by atoms with E-state index in [0.29, 0.717) is 5.56 Å². The van der Waals surface area contributed by atoms with Gasteiger partial charge in [-0.25, -0.2) is 18.4 Å². The summed E-state index contributed by atoms with van der Waals surface area (Å²) in [4.78, 5) is 27.6. The third-order valence-electron chi connectivity index (χ3n) is 5.44. The molecule has 1 aliphatic rings. The molecule has 6 nitrogen and oxygen atoms in total. The number of pyridine rings is 1. The maximum atomic E-state index is 12.6. The second-order valence-corrected chi connectivity index (χ2v) is 7.46. The summed E-state index contributed by atoms with van der Waals surface area (Å²) in [6.07, 6.45) is -2.51. The fourth-order valence-electron chi connectivity index (χ4n) is 3.90. The number of carbonyl (C=O) groups excluding carboxylic acids is 1. The molecule has 164 valence electrons. The van der Waals surface area contributed by atoms with Gasteiger partial charge >= 0.3 is 12.1 Å². The lowest BCUT2D eigenvalue weighted by Crippen LogP contribution is -2.42. The standard InChI is InChI=1S/C24H20F2N2O4/c25-22(26)20-10-9-14(12-27-20)11-21(23(29)30)28-24(31)32-13-19-17-7-3-1-5-15(17)16-6-2-4-8-18(16)19/h1-10,12,19,21-22H,11,13H2,(H,28,31)(H,29,30)/t21-/m0/s1. The average molecular weight is 438 g/mol. The predicted molar refractivity (Wildman–Crippen MR) is 113 cm³/mol. The van der Waals surface area contributed by atoms with Crippen LogP contribution < -0.4 is 5.32 Å². The van der Waals surface area contributed by atoms with Gasteiger partial charge in [-0.05, 0) is 33.9 Å². The average Bonchev–Trinajstić information content (AvgIpc) is 3.11. The lowest BCUT2D eigenvalue weighted by atomic mass is 9.98. The Bertz CT molecular complexity index is 1090. The number of carbonyl (C=O) groups is 2. The van der Waals surface area contributed by atoms with Gasteiger partial charge in [0.05, 0.1) is 0 Å². The molecule has 0 aliphatic heterocycles. The zero-order valence-electron chi connectivity index (χ0n) is 16.9. The molecule has 1 amide bonds. The number of benzene rings is 2. The van der Waals surface area contributed by atoms with E-state index in [0.717, 1.165) is 28.3 Å². The van der Waals surface area contributed by atoms with Crippen molar-refractivity contribution in [3.05, 3.63) is 89.2 Å². The van der Waals surface area contributed by atoms with Crippen LogP contribution in [0.3, 0.4) is 0 Å². The normalized spacial score (nSPS) is 13.3. The lowest BCUT2D eigenvalue weighted by molar-refractivity contribution is -0.139. The predicted octanol–water partition coefficient (Wildman–Crippen LogP) is 4.55. The van der Waals surface area contributed by atoms with E-state index in [2.05, 4.69) is 10.3 Å². The number of aliphatic carboxylic acids is 1. The van der Waals surface area contributed by atoms with Gasteiger partial charge in [0.1, 0.15) is 18.3 Å². The van der Waals surface area contributed by atoms with E-state index in [1.807, 2.05) is 48.5 Å². The molecule has 1 atom stereocenters. The fraction of sp³-hybridized carbons (Fsp3) is 0.208. The van der Waals surface area contributed by atoms with Crippen LogP contribution >= 0.6 is 0 Å². The third-order valence-corrected chi connectivity index (χ3v) is 5.44. The number of nitrogens with zero attached hydrogens (tertiary/aromatic N) is 1. The van der Waals surface area contributed by atoms with Crippen molar-refractivity contribution in [3.63, 3.8) is 0 Å². The van der Waals surface area contributed by atoms with E-state index < -0.39 is 30.2 Å². The van der Waals surface area contributed by atoms with Gasteiger partial charge < -0.3 is 15.2 Å². The van der Waals surface area contributed by atoms with Crippen LogP contribution in [0.25, 0.3) is 11.1 Å². The first-order valence-electron chi connectivity index (χ1n) is 10.0. The summed E-state index contributed by atoms with van der Waals surface area (Å²) in [7, 11) is 0. The molecule has 2 aromatic carbocycles. The molecule has 0 saturated heterocycles. The summed E-state index contributed by atoms with van der Waals surface area (Å²) in [6.45, 7) is 0.0524. The first-order valence-corrected chi connectivity index (χ1v) is 10.0. The minimum atomic E-state index is -2.71. The van der Waals surface area contributed by atoms with Crippen LogP contribution in [-0.2, 0) is 16.0 Å². The summed E-state index contributed by atoms with van der Waals surface area (Å²) in [5.74, 6) is -1.42. The molecule has 8 heteroatoms. The number of halogens is 2. The Hall–Kier alpha value is -3.81. The molecular formula is C24H20F2N2O4. The smallest absolute Gasteiger partial charge is 0.407 e. The number of alkyl halides is 2. The number of hydrogen-bond acceptors (Lipinski definition) is 4. The van der Waals surface area contributed by atoms with Crippen LogP contribution in [0.1, 0.15) is 34.7 Å². The maximum Gasteiger partial charge on any atom is 0.407 e. The maximum absolute atomic E-state index is 12.6. The number of alkyl carbamates (subject to hydrolysis) is 1. The zero-order valence-corrected chi connectivity index (χ0v) is 16.9. The molecule has 4 rings (SSSR count). The number of aromatic nitrogens is 1. The van der Waals surface area contributed by atoms with Gasteiger partial charge in [-0.1, -0.05) is 54.6 Å². The van der Waals surface area contributed by atoms with Gasteiger partial charge in [0.25, 0.3) is 6.43 Å². The molecule has 0 spiro atoms. The second-order valence-electron chi connectivity index (χ2n) is 7.46. The first kappa shape index (κ1) is 21.4. The molecule has 0 radical (unpaired) electrons. The molecule has 0 saturated carbocycles. The highest BCUT2D eigenvalue weighted by Gasteiger charge is 2.29. The number of hydrogen-bond donors (Lipinski definition) is 2. The van der Waals surface area contributed by atoms with Crippen LogP contribution in [0.2, 0.25) is 0 Å². The molecule has 1 aliphatic carbocycles. The van der Waals surface area contributed by atoms with Crippen molar-refractivity contribution in [1.29, 1.82) is 0 Å². The van der Waals surface area contributed by atoms with Gasteiger partial charge in [0.15, 0.2) is 0 Å². The van der Waals surface area contributed by atoms with Gasteiger partial charge in [-0.15, -0.1) is 0 Å². The van der Waals surface area contributed by atoms with Crippen molar-refractivity contribution in [2.45, 2.75) is 24.8 Å². The Balaban J connectivity index is 1.41. The third kappa shape index (κ3) is 4.44. The van der Waals surface area contributed by atoms with Crippen molar-refractivity contribution in [2.24, 2.45) is 0 Å². The van der Waals surface area contributed by atoms with Crippen LogP contribution in [0.15, 0.2) is 66.9 Å². The molecule has 0 fully saturated rings. The highest BCUT2D eigenvalue weighted by molar-refractivity contribution is 5.81. The van der Waals surface area contributed by atoms with Gasteiger partial charge in [0, 0.05) is 18.5 Å². The van der Waals surface area contributed by atoms with Crippen LogP contribution in [0, 0.1) is 0 Å². The quantitative estimate of drug-likeness (QED) is 0.565. The van der Waals surface area contributed by atoms with Crippen molar-refractivity contribution in [2.75, 3.05) is 6.61 Å². The fourth-order valence-corrected chi connectivity index (χ4v) is 3.90. The molecular weight excluding hydrogens is 418 g/mol. The van der Waals surface area contributed by atoms with E-state index >= 15 is 0 Å². The Morgan fingerprint density at radius 2 is 1.62 bits per heavy atom. The molecule has 1 aromatic heterocycles. The summed E-state index contributed by atoms with van der Waals surface area (Å²) < 4.78 is 30.6. The van der Waals surface area contributed by atoms with E-state index in [-0.39, 0.29) is 18.9 Å². The van der Waals surface area contributed by atoms with Crippen LogP contribution in [-0.4, -0.2) is 34.8 Å². The van der Waals surface area contributed by atoms with Gasteiger partial charge in [0.2, 0.25) is 0 Å². The van der Waals surface area contributed by atoms with Gasteiger partial charge in [-0.2, -0.15) is 0 Å². The summed E-state index contributed by atoms with van der Waals surface area (Å²) in [5, 5.41) is 11.8. The summed E-state index contributed by atoms with van der Waals surface area (Å²) in [6, 6.07) is 17.0. The number of fused-ring (bicyclic) bond motifs is 3. The summed E-state index contributed by atoms with van der Waals surface area (Å²) >= 11 is 0. The van der Waals surface area contributed by atoms with Crippen LogP contribution in [0.5, 0.6) is 0 Å². The van der Waals surface area contributed by atoms with Crippen molar-refractivity contribution < 1.29 is 28.2 Å². The second kappa shape index (κ2) is 9.13. The molecule has 0 unspecified atom stereocenters. The highest BCUT2D eigenvalue weighted by atomic mass is 19.3. The van der Waals surface area contributed by atoms with E-state index in [4.69, 9.17) is 4.74 Å². The highest BCUT2D eigenvalue weighted by Crippen LogP contribution is 2.44. The SMILES string of the molecule is O=C(N[C@@H](Cc1ccc(C(F)F)nc1)C(=O)O)OCC1c2ccccc2-c2ccccc21. The largest absolute Gasteiger partial charge is 0.480 e. The number of ether oxygens (including phenoxy) is 1. The minimum absolute atomic E-state index is 0.0524. The number of carboxylic acids is 1. The summed E-state index contributed by atoms with van der Waals surface area (Å²) in [5.41, 5.74) is 4.26. The van der Waals surface area contributed by atoms with Crippen LogP contribution in [0.4, 0.5) is 13.6 Å². The number of rotatable bonds is 7. The van der Waals surface area contributed by atoms with Crippen molar-refractivity contribution >= 4 is 12.1 Å². The van der Waals surface area contributed by atoms with Crippen molar-refractivity contribution in [1.82, 2.24) is 10.3 Å². The Morgan fingerprint density at radius 1 is 1.00 bits per heavy atom. The molecule has 32 heavy (non-hydrogen) atoms. The van der Waals surface area contributed by atoms with E-state index in [9.17, 15) is 23.5 Å². The van der Waals surface area contributed by atoms with E-state index in [1.54, 1.807) is 0 Å². The number of nitrogens with one attached hydrogen (secondary N) is 1. The Morgan fingerprint density at radius 3 is 2.16 bits per heavy atom. The number of amides is 1. The molecule has 3 aromatic rings. The first-order chi connectivity index (χ1) is 15.4. The number of carboxylic acid groups (broad SMARTS) is 1. The molecule has 1 heterocycles. The monoisotopic (exact) mass is 438 g/mol. The van der Waals surface area contributed by atoms with E-state index in [1.165, 1.54) is 12.3 Å². The molecule has 0 bridgehead atoms. The zero-order chi connectivity index (χ0) is 22.7. The lowest BCUT2D eigenvalue weighted by Gasteiger charge is -2.17. The topological polar surface area (TPSA) is 88.5 Å². The molecule has 2 N–H and O–H groups in total. The Kier molecular flexibility index (Phi) is 6.11. The van der Waals surface area contributed by atoms with Crippen molar-refractivity contribution in [3.8, 4) is 11.1 Å². The minimum Gasteiger partial charge on any atom is -0.480 e. The van der Waals surface area contributed by atoms with Gasteiger partial charge in [-0.3, -0.25) is 4.98 Å². The Labute approximate surface area is 182 Å².